The lowest BCUT2D eigenvalue weighted by atomic mass is 9.77. The summed E-state index contributed by atoms with van der Waals surface area (Å²) in [6.45, 7) is 7.99. The van der Waals surface area contributed by atoms with Gasteiger partial charge in [-0.05, 0) is 50.1 Å². The molecular formula is C18H33N3. The van der Waals surface area contributed by atoms with E-state index in [-0.39, 0.29) is 0 Å². The Morgan fingerprint density at radius 2 is 2.19 bits per heavy atom. The fourth-order valence-electron chi connectivity index (χ4n) is 3.74. The maximum absolute atomic E-state index is 4.61. The minimum atomic E-state index is 0.618. The van der Waals surface area contributed by atoms with Crippen molar-refractivity contribution in [2.24, 2.45) is 18.9 Å². The molecule has 120 valence electrons. The molecule has 0 radical (unpaired) electrons. The summed E-state index contributed by atoms with van der Waals surface area (Å²) in [7, 11) is 2.09. The first-order valence-corrected chi connectivity index (χ1v) is 8.89. The molecule has 21 heavy (non-hydrogen) atoms. The van der Waals surface area contributed by atoms with Gasteiger partial charge in [-0.1, -0.05) is 33.6 Å². The van der Waals surface area contributed by atoms with E-state index in [0.29, 0.717) is 6.04 Å². The van der Waals surface area contributed by atoms with Crippen molar-refractivity contribution in [1.82, 2.24) is 15.1 Å². The monoisotopic (exact) mass is 291 g/mol. The fraction of sp³-hybridized carbons (Fsp3) is 0.833. The van der Waals surface area contributed by atoms with Gasteiger partial charge in [-0.15, -0.1) is 0 Å². The van der Waals surface area contributed by atoms with Crippen LogP contribution in [-0.2, 0) is 19.9 Å². The Labute approximate surface area is 130 Å². The summed E-state index contributed by atoms with van der Waals surface area (Å²) in [5.74, 6) is 1.73. The molecule has 0 spiro atoms. The molecule has 1 saturated carbocycles. The Morgan fingerprint density at radius 3 is 2.81 bits per heavy atom. The molecule has 3 nitrogen and oxygen atoms in total. The van der Waals surface area contributed by atoms with Gasteiger partial charge in [-0.3, -0.25) is 4.68 Å². The number of nitrogens with one attached hydrogen (secondary N) is 1. The van der Waals surface area contributed by atoms with Gasteiger partial charge in [-0.2, -0.15) is 5.10 Å². The van der Waals surface area contributed by atoms with Crippen LogP contribution < -0.4 is 5.32 Å². The highest BCUT2D eigenvalue weighted by Crippen LogP contribution is 2.32. The summed E-state index contributed by atoms with van der Waals surface area (Å²) in [6, 6.07) is 2.92. The van der Waals surface area contributed by atoms with E-state index >= 15 is 0 Å². The second-order valence-corrected chi connectivity index (χ2v) is 6.90. The zero-order valence-electron chi connectivity index (χ0n) is 14.4. The van der Waals surface area contributed by atoms with Crippen molar-refractivity contribution >= 4 is 0 Å². The van der Waals surface area contributed by atoms with Gasteiger partial charge in [0.1, 0.15) is 0 Å². The lowest BCUT2D eigenvalue weighted by molar-refractivity contribution is 0.219. The molecule has 0 amide bonds. The van der Waals surface area contributed by atoms with E-state index < -0.39 is 0 Å². The number of rotatable bonds is 7. The number of aryl methyl sites for hydroxylation is 2. The first-order valence-electron chi connectivity index (χ1n) is 8.89. The van der Waals surface area contributed by atoms with Gasteiger partial charge in [-0.25, -0.2) is 0 Å². The highest BCUT2D eigenvalue weighted by atomic mass is 15.3. The van der Waals surface area contributed by atoms with Crippen LogP contribution in [0.4, 0.5) is 0 Å². The Morgan fingerprint density at radius 1 is 1.38 bits per heavy atom. The number of aromatic nitrogens is 2. The molecule has 1 aliphatic carbocycles. The van der Waals surface area contributed by atoms with Crippen LogP contribution in [0.3, 0.4) is 0 Å². The lowest BCUT2D eigenvalue weighted by Crippen LogP contribution is -2.40. The quantitative estimate of drug-likeness (QED) is 0.830. The maximum Gasteiger partial charge on any atom is 0.0624 e. The third-order valence-corrected chi connectivity index (χ3v) is 5.02. The summed E-state index contributed by atoms with van der Waals surface area (Å²) in [5.41, 5.74) is 2.61. The van der Waals surface area contributed by atoms with Crippen molar-refractivity contribution in [1.29, 1.82) is 0 Å². The van der Waals surface area contributed by atoms with Crippen molar-refractivity contribution in [3.63, 3.8) is 0 Å². The largest absolute Gasteiger partial charge is 0.313 e. The molecule has 1 N–H and O–H groups in total. The number of hydrogen-bond donors (Lipinski definition) is 1. The predicted molar refractivity (Wildman–Crippen MR) is 89.5 cm³/mol. The van der Waals surface area contributed by atoms with Crippen LogP contribution >= 0.6 is 0 Å². The summed E-state index contributed by atoms with van der Waals surface area (Å²) < 4.78 is 2.09. The normalized spacial score (nSPS) is 24.2. The molecule has 0 aromatic carbocycles. The second-order valence-electron chi connectivity index (χ2n) is 6.90. The molecule has 2 rings (SSSR count). The molecule has 1 aromatic rings. The first kappa shape index (κ1) is 16.5. The van der Waals surface area contributed by atoms with Gasteiger partial charge in [0, 0.05) is 25.2 Å². The van der Waals surface area contributed by atoms with E-state index in [0.717, 1.165) is 31.2 Å². The van der Waals surface area contributed by atoms with Gasteiger partial charge in [0.05, 0.1) is 5.69 Å². The summed E-state index contributed by atoms with van der Waals surface area (Å²) in [4.78, 5) is 0. The third-order valence-electron chi connectivity index (χ3n) is 5.02. The van der Waals surface area contributed by atoms with E-state index in [4.69, 9.17) is 0 Å². The van der Waals surface area contributed by atoms with Gasteiger partial charge >= 0.3 is 0 Å². The van der Waals surface area contributed by atoms with Crippen molar-refractivity contribution < 1.29 is 0 Å². The minimum absolute atomic E-state index is 0.618. The van der Waals surface area contributed by atoms with Crippen LogP contribution in [0.2, 0.25) is 0 Å². The molecule has 1 fully saturated rings. The standard InChI is InChI=1S/C18H33N3/c1-5-10-19-18(15-9-7-8-14(3)11-15)13-17-12-16(6-2)20-21(17)4/h12,14-15,18-19H,5-11,13H2,1-4H3. The van der Waals surface area contributed by atoms with Crippen LogP contribution in [0.25, 0.3) is 0 Å². The summed E-state index contributed by atoms with van der Waals surface area (Å²) in [6.07, 6.45) is 8.97. The molecule has 0 bridgehead atoms. The predicted octanol–water partition coefficient (Wildman–Crippen LogP) is 3.72. The topological polar surface area (TPSA) is 29.9 Å². The van der Waals surface area contributed by atoms with Gasteiger partial charge in [0.25, 0.3) is 0 Å². The molecule has 1 aromatic heterocycles. The van der Waals surface area contributed by atoms with Crippen molar-refractivity contribution in [2.45, 2.75) is 71.8 Å². The van der Waals surface area contributed by atoms with Crippen LogP contribution in [0.15, 0.2) is 6.07 Å². The van der Waals surface area contributed by atoms with Gasteiger partial charge in [0.2, 0.25) is 0 Å². The van der Waals surface area contributed by atoms with Crippen LogP contribution in [0.1, 0.15) is 64.3 Å². The van der Waals surface area contributed by atoms with Crippen molar-refractivity contribution in [3.8, 4) is 0 Å². The van der Waals surface area contributed by atoms with E-state index in [1.165, 1.54) is 43.5 Å². The molecule has 0 saturated heterocycles. The van der Waals surface area contributed by atoms with Gasteiger partial charge < -0.3 is 5.32 Å². The molecule has 3 unspecified atom stereocenters. The van der Waals surface area contributed by atoms with Crippen molar-refractivity contribution in [3.05, 3.63) is 17.5 Å². The van der Waals surface area contributed by atoms with Gasteiger partial charge in [0.15, 0.2) is 0 Å². The van der Waals surface area contributed by atoms with E-state index in [9.17, 15) is 0 Å². The average Bonchev–Trinajstić information content (AvgIpc) is 2.83. The Hall–Kier alpha value is -0.830. The highest BCUT2D eigenvalue weighted by Gasteiger charge is 2.27. The third kappa shape index (κ3) is 4.57. The van der Waals surface area contributed by atoms with Crippen molar-refractivity contribution in [2.75, 3.05) is 6.54 Å². The van der Waals surface area contributed by atoms with Crippen LogP contribution in [-0.4, -0.2) is 22.4 Å². The maximum atomic E-state index is 4.61. The molecule has 3 heteroatoms. The SMILES string of the molecule is CCCNC(Cc1cc(CC)nn1C)C1CCCC(C)C1. The minimum Gasteiger partial charge on any atom is -0.313 e. The van der Waals surface area contributed by atoms with E-state index in [2.05, 4.69) is 49.0 Å². The highest BCUT2D eigenvalue weighted by molar-refractivity contribution is 5.12. The molecular weight excluding hydrogens is 258 g/mol. The zero-order valence-corrected chi connectivity index (χ0v) is 14.4. The van der Waals surface area contributed by atoms with Crippen LogP contribution in [0, 0.1) is 11.8 Å². The van der Waals surface area contributed by atoms with E-state index in [1.807, 2.05) is 0 Å². The number of hydrogen-bond acceptors (Lipinski definition) is 2. The average molecular weight is 291 g/mol. The summed E-state index contributed by atoms with van der Waals surface area (Å²) in [5, 5.41) is 8.43. The first-order chi connectivity index (χ1) is 10.1. The number of nitrogens with zero attached hydrogens (tertiary/aromatic N) is 2. The Bertz CT molecular complexity index is 424. The van der Waals surface area contributed by atoms with Crippen LogP contribution in [0.5, 0.6) is 0 Å². The Balaban J connectivity index is 2.05. The molecule has 0 aliphatic heterocycles. The summed E-state index contributed by atoms with van der Waals surface area (Å²) >= 11 is 0. The smallest absolute Gasteiger partial charge is 0.0624 e. The second kappa shape index (κ2) is 7.98. The lowest BCUT2D eigenvalue weighted by Gasteiger charge is -2.34. The Kier molecular flexibility index (Phi) is 6.28. The fourth-order valence-corrected chi connectivity index (χ4v) is 3.74. The molecule has 1 heterocycles. The zero-order chi connectivity index (χ0) is 15.2. The van der Waals surface area contributed by atoms with E-state index in [1.54, 1.807) is 0 Å². The molecule has 1 aliphatic rings. The molecule has 3 atom stereocenters.